The van der Waals surface area contributed by atoms with E-state index in [1.807, 2.05) is 21.6 Å². The Morgan fingerprint density at radius 3 is 2.69 bits per heavy atom. The number of carbonyl (C=O) groups excluding carboxylic acids is 3. The van der Waals surface area contributed by atoms with E-state index in [0.29, 0.717) is 38.8 Å². The number of hydrogen-bond acceptors (Lipinski definition) is 5. The molecule has 172 valence electrons. The molecule has 0 radical (unpaired) electrons. The normalized spacial score (nSPS) is 18.7. The minimum atomic E-state index is -0.443. The van der Waals surface area contributed by atoms with Gasteiger partial charge in [-0.3, -0.25) is 19.7 Å². The van der Waals surface area contributed by atoms with Crippen molar-refractivity contribution in [1.29, 1.82) is 0 Å². The smallest absolute Gasteiger partial charge is 0.249 e. The van der Waals surface area contributed by atoms with Crippen LogP contribution in [0.5, 0.6) is 0 Å². The van der Waals surface area contributed by atoms with Crippen LogP contribution in [-0.4, -0.2) is 50.4 Å². The van der Waals surface area contributed by atoms with Crippen LogP contribution in [0.15, 0.2) is 18.3 Å². The third-order valence-electron chi connectivity index (χ3n) is 6.62. The minimum absolute atomic E-state index is 0.178. The number of imide groups is 1. The molecule has 1 fully saturated rings. The number of fused-ring (bicyclic) bond motifs is 3. The first-order valence-electron chi connectivity index (χ1n) is 11.8. The van der Waals surface area contributed by atoms with Crippen LogP contribution in [-0.2, 0) is 27.3 Å². The molecule has 0 aliphatic carbocycles. The zero-order valence-electron chi connectivity index (χ0n) is 18.5. The lowest BCUT2D eigenvalue weighted by molar-refractivity contribution is -0.136. The molecule has 2 aromatic rings. The summed E-state index contributed by atoms with van der Waals surface area (Å²) >= 11 is 0. The fourth-order valence-electron chi connectivity index (χ4n) is 4.94. The van der Waals surface area contributed by atoms with Crippen molar-refractivity contribution in [3.63, 3.8) is 0 Å². The zero-order chi connectivity index (χ0) is 22.5. The molecule has 2 aromatic heterocycles. The Balaban J connectivity index is 1.45. The largest absolute Gasteiger partial charge is 0.396 e. The molecule has 1 unspecified atom stereocenters. The lowest BCUT2D eigenvalue weighted by atomic mass is 10.0. The Morgan fingerprint density at radius 2 is 1.91 bits per heavy atom. The molecule has 3 amide bonds. The SMILES string of the molecule is O=C1CCC(n2c3c(c4cccnc42)CN(C(=O)CCCCCCCCO)CC3)C(=O)N1. The molecule has 0 saturated carbocycles. The van der Waals surface area contributed by atoms with Gasteiger partial charge in [0.15, 0.2) is 0 Å². The fourth-order valence-corrected chi connectivity index (χ4v) is 4.94. The van der Waals surface area contributed by atoms with Gasteiger partial charge in [-0.2, -0.15) is 0 Å². The average Bonchev–Trinajstić information content (AvgIpc) is 3.12. The highest BCUT2D eigenvalue weighted by Gasteiger charge is 2.34. The molecule has 2 aliphatic heterocycles. The summed E-state index contributed by atoms with van der Waals surface area (Å²) in [6, 6.07) is 3.45. The third kappa shape index (κ3) is 4.70. The first-order chi connectivity index (χ1) is 15.6. The number of hydrogen-bond donors (Lipinski definition) is 2. The molecule has 4 heterocycles. The third-order valence-corrected chi connectivity index (χ3v) is 6.62. The summed E-state index contributed by atoms with van der Waals surface area (Å²) in [5.41, 5.74) is 2.88. The molecule has 1 atom stereocenters. The number of aliphatic hydroxyl groups excluding tert-OH is 1. The summed E-state index contributed by atoms with van der Waals surface area (Å²) < 4.78 is 2.00. The minimum Gasteiger partial charge on any atom is -0.396 e. The highest BCUT2D eigenvalue weighted by Crippen LogP contribution is 2.34. The highest BCUT2D eigenvalue weighted by atomic mass is 16.3. The molecule has 4 rings (SSSR count). The van der Waals surface area contributed by atoms with Crippen molar-refractivity contribution in [2.45, 2.75) is 76.8 Å². The topological polar surface area (TPSA) is 105 Å². The van der Waals surface area contributed by atoms with Gasteiger partial charge in [0.2, 0.25) is 17.7 Å². The van der Waals surface area contributed by atoms with Gasteiger partial charge < -0.3 is 14.6 Å². The van der Waals surface area contributed by atoms with Crippen molar-refractivity contribution in [3.8, 4) is 0 Å². The van der Waals surface area contributed by atoms with E-state index >= 15 is 0 Å². The number of amides is 3. The molecule has 0 spiro atoms. The first kappa shape index (κ1) is 22.5. The van der Waals surface area contributed by atoms with Gasteiger partial charge in [-0.1, -0.05) is 25.7 Å². The van der Waals surface area contributed by atoms with E-state index in [0.717, 1.165) is 60.8 Å². The maximum atomic E-state index is 12.8. The van der Waals surface area contributed by atoms with Gasteiger partial charge in [-0.05, 0) is 31.4 Å². The zero-order valence-corrected chi connectivity index (χ0v) is 18.5. The van der Waals surface area contributed by atoms with Crippen LogP contribution in [0.1, 0.15) is 75.1 Å². The Bertz CT molecular complexity index is 999. The molecular formula is C24H32N4O4. The van der Waals surface area contributed by atoms with Gasteiger partial charge in [0.05, 0.1) is 0 Å². The highest BCUT2D eigenvalue weighted by molar-refractivity contribution is 6.00. The molecule has 2 aliphatic rings. The second-order valence-electron chi connectivity index (χ2n) is 8.80. The quantitative estimate of drug-likeness (QED) is 0.461. The van der Waals surface area contributed by atoms with Crippen LogP contribution in [0.3, 0.4) is 0 Å². The van der Waals surface area contributed by atoms with Gasteiger partial charge >= 0.3 is 0 Å². The van der Waals surface area contributed by atoms with Crippen LogP contribution in [0, 0.1) is 0 Å². The number of unbranched alkanes of at least 4 members (excludes halogenated alkanes) is 5. The van der Waals surface area contributed by atoms with Crippen molar-refractivity contribution in [3.05, 3.63) is 29.6 Å². The van der Waals surface area contributed by atoms with E-state index < -0.39 is 6.04 Å². The number of aliphatic hydroxyl groups is 1. The summed E-state index contributed by atoms with van der Waals surface area (Å²) in [5, 5.41) is 12.3. The van der Waals surface area contributed by atoms with E-state index in [4.69, 9.17) is 5.11 Å². The second kappa shape index (κ2) is 10.3. The molecular weight excluding hydrogens is 408 g/mol. The molecule has 8 nitrogen and oxygen atoms in total. The van der Waals surface area contributed by atoms with Crippen molar-refractivity contribution >= 4 is 28.8 Å². The van der Waals surface area contributed by atoms with Crippen LogP contribution >= 0.6 is 0 Å². The molecule has 8 heteroatoms. The maximum absolute atomic E-state index is 12.8. The standard InChI is InChI=1S/C24H32N4O4/c29-15-6-4-2-1-3-5-9-22(31)27-14-12-19-18(16-27)17-8-7-13-25-23(17)28(19)20-10-11-21(30)26-24(20)32/h7-8,13,20,29H,1-6,9-12,14-16H2,(H,26,30,32). The second-order valence-corrected chi connectivity index (χ2v) is 8.80. The Hall–Kier alpha value is -2.74. The molecule has 32 heavy (non-hydrogen) atoms. The van der Waals surface area contributed by atoms with E-state index in [2.05, 4.69) is 10.3 Å². The summed E-state index contributed by atoms with van der Waals surface area (Å²) in [6.07, 6.45) is 9.78. The van der Waals surface area contributed by atoms with Crippen molar-refractivity contribution in [2.24, 2.45) is 0 Å². The summed E-state index contributed by atoms with van der Waals surface area (Å²) in [5.74, 6) is -0.324. The van der Waals surface area contributed by atoms with Gasteiger partial charge in [-0.15, -0.1) is 0 Å². The Kier molecular flexibility index (Phi) is 7.19. The van der Waals surface area contributed by atoms with E-state index in [-0.39, 0.29) is 24.3 Å². The number of nitrogens with zero attached hydrogens (tertiary/aromatic N) is 3. The van der Waals surface area contributed by atoms with Crippen LogP contribution < -0.4 is 5.32 Å². The maximum Gasteiger partial charge on any atom is 0.249 e. The summed E-state index contributed by atoms with van der Waals surface area (Å²) in [6.45, 7) is 1.42. The predicted octanol–water partition coefficient (Wildman–Crippen LogP) is 2.62. The summed E-state index contributed by atoms with van der Waals surface area (Å²) in [7, 11) is 0. The molecule has 1 saturated heterocycles. The first-order valence-corrected chi connectivity index (χ1v) is 11.8. The number of rotatable bonds is 9. The molecule has 2 N–H and O–H groups in total. The molecule has 0 aromatic carbocycles. The van der Waals surface area contributed by atoms with Gasteiger partial charge in [0, 0.05) is 61.8 Å². The van der Waals surface area contributed by atoms with Crippen LogP contribution in [0.2, 0.25) is 0 Å². The lowest BCUT2D eigenvalue weighted by Gasteiger charge is -2.30. The van der Waals surface area contributed by atoms with Crippen molar-refractivity contribution < 1.29 is 19.5 Å². The van der Waals surface area contributed by atoms with E-state index in [9.17, 15) is 14.4 Å². The lowest BCUT2D eigenvalue weighted by Crippen LogP contribution is -2.43. The fraction of sp³-hybridized carbons (Fsp3) is 0.583. The van der Waals surface area contributed by atoms with E-state index in [1.54, 1.807) is 6.20 Å². The summed E-state index contributed by atoms with van der Waals surface area (Å²) in [4.78, 5) is 43.5. The number of nitrogens with one attached hydrogen (secondary N) is 1. The van der Waals surface area contributed by atoms with E-state index in [1.165, 1.54) is 0 Å². The Labute approximate surface area is 188 Å². The predicted molar refractivity (Wildman–Crippen MR) is 120 cm³/mol. The molecule has 0 bridgehead atoms. The van der Waals surface area contributed by atoms with Crippen molar-refractivity contribution in [2.75, 3.05) is 13.2 Å². The van der Waals surface area contributed by atoms with Crippen molar-refractivity contribution in [1.82, 2.24) is 19.8 Å². The Morgan fingerprint density at radius 1 is 1.12 bits per heavy atom. The van der Waals surface area contributed by atoms with Gasteiger partial charge in [0.1, 0.15) is 11.7 Å². The number of piperidine rings is 1. The van der Waals surface area contributed by atoms with Crippen LogP contribution in [0.4, 0.5) is 0 Å². The number of carbonyl (C=O) groups is 3. The number of pyridine rings is 1. The van der Waals surface area contributed by atoms with Gasteiger partial charge in [-0.25, -0.2) is 4.98 Å². The van der Waals surface area contributed by atoms with Gasteiger partial charge in [0.25, 0.3) is 0 Å². The van der Waals surface area contributed by atoms with Crippen LogP contribution in [0.25, 0.3) is 11.0 Å². The number of aromatic nitrogens is 2. The average molecular weight is 441 g/mol. The monoisotopic (exact) mass is 440 g/mol.